The van der Waals surface area contributed by atoms with Crippen LogP contribution in [0.1, 0.15) is 70.2 Å². The summed E-state index contributed by atoms with van der Waals surface area (Å²) in [4.78, 5) is 2.29. The first-order chi connectivity index (χ1) is 21.4. The third kappa shape index (κ3) is 5.51. The first-order valence-corrected chi connectivity index (χ1v) is 14.9. The minimum atomic E-state index is -0.700. The van der Waals surface area contributed by atoms with Gasteiger partial charge in [0.2, 0.25) is 0 Å². The Kier molecular flexibility index (Phi) is 8.29. The number of ether oxygens (including phenoxy) is 2. The van der Waals surface area contributed by atoms with Gasteiger partial charge >= 0.3 is 0 Å². The second kappa shape index (κ2) is 12.3. The summed E-state index contributed by atoms with van der Waals surface area (Å²) < 4.78 is 40.6. The van der Waals surface area contributed by atoms with E-state index in [2.05, 4.69) is 24.1 Å². The summed E-state index contributed by atoms with van der Waals surface area (Å²) in [5, 5.41) is 18.8. The first-order valence-electron chi connectivity index (χ1n) is 14.9. The zero-order chi connectivity index (χ0) is 30.7. The fourth-order valence-electron chi connectivity index (χ4n) is 6.84. The molecule has 0 spiro atoms. The number of benzene rings is 4. The lowest BCUT2D eigenvalue weighted by Gasteiger charge is -2.32. The molecule has 7 heteroatoms. The third-order valence-electron chi connectivity index (χ3n) is 9.05. The zero-order valence-corrected chi connectivity index (χ0v) is 24.7. The highest BCUT2D eigenvalue weighted by Crippen LogP contribution is 2.47. The topological polar surface area (TPSA) is 69.3 Å². The quantitative estimate of drug-likeness (QED) is 0.192. The van der Waals surface area contributed by atoms with E-state index in [-0.39, 0.29) is 11.6 Å². The Morgan fingerprint density at radius 2 is 1.07 bits per heavy atom. The molecule has 2 aliphatic rings. The van der Waals surface area contributed by atoms with Gasteiger partial charge < -0.3 is 14.4 Å². The highest BCUT2D eigenvalue weighted by atomic mass is 19.1. The van der Waals surface area contributed by atoms with Crippen LogP contribution in [0.15, 0.2) is 84.9 Å². The van der Waals surface area contributed by atoms with Crippen LogP contribution in [0.2, 0.25) is 0 Å². The van der Waals surface area contributed by atoms with Gasteiger partial charge in [0.15, 0.2) is 0 Å². The van der Waals surface area contributed by atoms with E-state index < -0.39 is 11.2 Å². The molecular weight excluding hydrogens is 556 g/mol. The van der Waals surface area contributed by atoms with Crippen molar-refractivity contribution in [2.24, 2.45) is 0 Å². The molecule has 0 fully saturated rings. The number of hydrogen-bond donors (Lipinski definition) is 0. The van der Waals surface area contributed by atoms with E-state index >= 15 is 0 Å². The van der Waals surface area contributed by atoms with Crippen molar-refractivity contribution in [3.05, 3.63) is 141 Å². The fourth-order valence-corrected chi connectivity index (χ4v) is 6.84. The molecule has 0 amide bonds. The molecular formula is C37H33F2N3O2. The highest BCUT2D eigenvalue weighted by Gasteiger charge is 2.43. The zero-order valence-electron chi connectivity index (χ0n) is 24.7. The van der Waals surface area contributed by atoms with Crippen LogP contribution in [-0.2, 0) is 33.9 Å². The molecule has 6 rings (SSSR count). The maximum atomic E-state index is 13.8. The van der Waals surface area contributed by atoms with Crippen molar-refractivity contribution in [2.45, 2.75) is 50.1 Å². The SMILES string of the molecule is CN(CCCC1(c2ccc(F)cc2)OCc2cc(C#N)ccc21)CCCC1(c2ccc(F)cc2)OCc2cc(C#N)ccc21. The summed E-state index contributed by atoms with van der Waals surface area (Å²) in [7, 11) is 2.10. The van der Waals surface area contributed by atoms with Crippen molar-refractivity contribution in [1.29, 1.82) is 10.5 Å². The van der Waals surface area contributed by atoms with Gasteiger partial charge in [0.25, 0.3) is 0 Å². The lowest BCUT2D eigenvalue weighted by Crippen LogP contribution is -2.31. The summed E-state index contributed by atoms with van der Waals surface area (Å²) >= 11 is 0. The van der Waals surface area contributed by atoms with Gasteiger partial charge in [-0.05, 0) is 128 Å². The Hall–Kier alpha value is -4.40. The van der Waals surface area contributed by atoms with Crippen LogP contribution < -0.4 is 0 Å². The summed E-state index contributed by atoms with van der Waals surface area (Å²) in [5.74, 6) is -0.584. The van der Waals surface area contributed by atoms with Crippen LogP contribution in [-0.4, -0.2) is 25.0 Å². The molecule has 2 unspecified atom stereocenters. The molecule has 0 aliphatic carbocycles. The second-order valence-corrected chi connectivity index (χ2v) is 11.7. The molecule has 0 radical (unpaired) electrons. The van der Waals surface area contributed by atoms with Crippen molar-refractivity contribution in [1.82, 2.24) is 4.90 Å². The number of nitriles is 2. The second-order valence-electron chi connectivity index (χ2n) is 11.7. The van der Waals surface area contributed by atoms with Gasteiger partial charge in [0, 0.05) is 0 Å². The lowest BCUT2D eigenvalue weighted by molar-refractivity contribution is -0.0166. The molecule has 0 saturated carbocycles. The van der Waals surface area contributed by atoms with Crippen LogP contribution in [0.3, 0.4) is 0 Å². The van der Waals surface area contributed by atoms with Crippen LogP contribution in [0.4, 0.5) is 8.78 Å². The third-order valence-corrected chi connectivity index (χ3v) is 9.05. The Balaban J connectivity index is 1.14. The summed E-state index contributed by atoms with van der Waals surface area (Å²) in [6.45, 7) is 2.45. The highest BCUT2D eigenvalue weighted by molar-refractivity contribution is 5.49. The van der Waals surface area contributed by atoms with Gasteiger partial charge in [-0.3, -0.25) is 0 Å². The minimum absolute atomic E-state index is 0.292. The summed E-state index contributed by atoms with van der Waals surface area (Å²) in [6, 6.07) is 28.8. The molecule has 5 nitrogen and oxygen atoms in total. The first kappa shape index (κ1) is 29.7. The number of rotatable bonds is 10. The molecule has 2 aliphatic heterocycles. The summed E-state index contributed by atoms with van der Waals surface area (Å²) in [5.41, 5.74) is 5.65. The van der Waals surface area contributed by atoms with Crippen molar-refractivity contribution in [2.75, 3.05) is 20.1 Å². The molecule has 0 bridgehead atoms. The van der Waals surface area contributed by atoms with Crippen molar-refractivity contribution in [3.63, 3.8) is 0 Å². The van der Waals surface area contributed by atoms with Crippen molar-refractivity contribution in [3.8, 4) is 12.1 Å². The van der Waals surface area contributed by atoms with E-state index in [0.717, 1.165) is 59.3 Å². The van der Waals surface area contributed by atoms with Gasteiger partial charge in [0.1, 0.15) is 22.8 Å². The fraction of sp³-hybridized carbons (Fsp3) is 0.297. The minimum Gasteiger partial charge on any atom is -0.361 e. The molecule has 0 N–H and O–H groups in total. The van der Waals surface area contributed by atoms with Gasteiger partial charge in [0.05, 0.1) is 36.5 Å². The largest absolute Gasteiger partial charge is 0.361 e. The normalized spacial score (nSPS) is 20.2. The van der Waals surface area contributed by atoms with E-state index in [1.807, 2.05) is 36.4 Å². The van der Waals surface area contributed by atoms with Crippen LogP contribution in [0, 0.1) is 34.3 Å². The van der Waals surface area contributed by atoms with E-state index in [1.54, 1.807) is 24.3 Å². The number of nitrogens with zero attached hydrogens (tertiary/aromatic N) is 3. The maximum absolute atomic E-state index is 13.8. The molecule has 0 aromatic heterocycles. The Labute approximate surface area is 256 Å². The predicted molar refractivity (Wildman–Crippen MR) is 162 cm³/mol. The molecule has 4 aromatic carbocycles. The average molecular weight is 590 g/mol. The standard InChI is InChI=1S/C37H33F2N3O2/c1-42(18-2-16-36(30-6-10-32(38)11-7-30)34-14-4-26(22-40)20-28(34)24-43-36)19-3-17-37(31-8-12-33(39)13-9-31)35-15-5-27(23-41)21-29(35)25-44-37/h4-15,20-21H,2-3,16-19,24-25H2,1H3. The lowest BCUT2D eigenvalue weighted by atomic mass is 9.81. The van der Waals surface area contributed by atoms with E-state index in [9.17, 15) is 19.3 Å². The Morgan fingerprint density at radius 3 is 1.45 bits per heavy atom. The van der Waals surface area contributed by atoms with E-state index in [1.165, 1.54) is 24.3 Å². The monoisotopic (exact) mass is 589 g/mol. The molecule has 2 atom stereocenters. The number of hydrogen-bond acceptors (Lipinski definition) is 5. The van der Waals surface area contributed by atoms with E-state index in [0.29, 0.717) is 37.2 Å². The summed E-state index contributed by atoms with van der Waals surface area (Å²) in [6.07, 6.45) is 3.09. The Morgan fingerprint density at radius 1 is 0.659 bits per heavy atom. The van der Waals surface area contributed by atoms with Gasteiger partial charge in [-0.25, -0.2) is 8.78 Å². The van der Waals surface area contributed by atoms with E-state index in [4.69, 9.17) is 9.47 Å². The number of fused-ring (bicyclic) bond motifs is 2. The molecule has 4 aromatic rings. The van der Waals surface area contributed by atoms with Crippen LogP contribution >= 0.6 is 0 Å². The van der Waals surface area contributed by atoms with Crippen LogP contribution in [0.25, 0.3) is 0 Å². The van der Waals surface area contributed by atoms with Crippen LogP contribution in [0.5, 0.6) is 0 Å². The maximum Gasteiger partial charge on any atom is 0.123 e. The van der Waals surface area contributed by atoms with Gasteiger partial charge in [-0.2, -0.15) is 10.5 Å². The van der Waals surface area contributed by atoms with Crippen molar-refractivity contribution < 1.29 is 18.3 Å². The Bertz CT molecular complexity index is 1610. The molecule has 0 saturated heterocycles. The van der Waals surface area contributed by atoms with Crippen molar-refractivity contribution >= 4 is 0 Å². The predicted octanol–water partition coefficient (Wildman–Crippen LogP) is 7.45. The average Bonchev–Trinajstić information content (AvgIpc) is 3.60. The molecule has 44 heavy (non-hydrogen) atoms. The number of halogens is 2. The van der Waals surface area contributed by atoms with Gasteiger partial charge in [-0.1, -0.05) is 36.4 Å². The molecule has 222 valence electrons. The molecule has 2 heterocycles. The smallest absolute Gasteiger partial charge is 0.123 e. The van der Waals surface area contributed by atoms with Gasteiger partial charge in [-0.15, -0.1) is 0 Å².